The van der Waals surface area contributed by atoms with E-state index in [0.29, 0.717) is 13.0 Å². The van der Waals surface area contributed by atoms with Crippen LogP contribution in [0.3, 0.4) is 0 Å². The van der Waals surface area contributed by atoms with Crippen LogP contribution >= 0.6 is 0 Å². The van der Waals surface area contributed by atoms with Gasteiger partial charge < -0.3 is 15.4 Å². The number of amides is 2. The molecule has 1 fully saturated rings. The van der Waals surface area contributed by atoms with Crippen LogP contribution in [0.2, 0.25) is 0 Å². The highest BCUT2D eigenvalue weighted by molar-refractivity contribution is 5.96. The highest BCUT2D eigenvalue weighted by Crippen LogP contribution is 2.28. The number of hydrogen-bond acceptors (Lipinski definition) is 4. The van der Waals surface area contributed by atoms with Gasteiger partial charge in [0.05, 0.1) is 12.8 Å². The van der Waals surface area contributed by atoms with Gasteiger partial charge in [-0.25, -0.2) is 4.68 Å². The van der Waals surface area contributed by atoms with Gasteiger partial charge in [0.15, 0.2) is 0 Å². The Morgan fingerprint density at radius 3 is 2.73 bits per heavy atom. The molecule has 4 rings (SSSR count). The van der Waals surface area contributed by atoms with Gasteiger partial charge in [0.2, 0.25) is 11.8 Å². The number of aryl methyl sites for hydroxylation is 1. The van der Waals surface area contributed by atoms with E-state index in [1.807, 2.05) is 61.7 Å². The van der Waals surface area contributed by atoms with Crippen LogP contribution in [-0.4, -0.2) is 46.2 Å². The molecule has 170 valence electrons. The maximum Gasteiger partial charge on any atom is 0.247 e. The van der Waals surface area contributed by atoms with Crippen molar-refractivity contribution < 1.29 is 14.3 Å². The molecule has 2 amide bonds. The zero-order chi connectivity index (χ0) is 23.4. The Morgan fingerprint density at radius 2 is 1.97 bits per heavy atom. The molecule has 2 aromatic carbocycles. The third-order valence-corrected chi connectivity index (χ3v) is 5.87. The quantitative estimate of drug-likeness (QED) is 0.587. The van der Waals surface area contributed by atoms with Crippen LogP contribution in [0, 0.1) is 6.92 Å². The molecule has 0 bridgehead atoms. The molecule has 2 N–H and O–H groups in total. The molecule has 1 aliphatic heterocycles. The van der Waals surface area contributed by atoms with Crippen molar-refractivity contribution in [2.75, 3.05) is 13.7 Å². The minimum Gasteiger partial charge on any atom is -0.497 e. The summed E-state index contributed by atoms with van der Waals surface area (Å²) in [5.74, 6) is 0.0420. The van der Waals surface area contributed by atoms with E-state index >= 15 is 0 Å². The molecule has 1 aromatic heterocycles. The number of benzene rings is 2. The number of likely N-dealkylation sites (tertiary alicyclic amines) is 1. The Kier molecular flexibility index (Phi) is 6.58. The minimum absolute atomic E-state index is 0.224. The number of carbonyl (C=O) groups excluding carboxylic acids is 2. The molecule has 1 saturated heterocycles. The Morgan fingerprint density at radius 1 is 1.15 bits per heavy atom. The lowest BCUT2D eigenvalue weighted by Crippen LogP contribution is -2.49. The van der Waals surface area contributed by atoms with Gasteiger partial charge in [0.1, 0.15) is 17.5 Å². The Hall–Kier alpha value is -3.87. The van der Waals surface area contributed by atoms with Crippen molar-refractivity contribution in [1.82, 2.24) is 14.7 Å². The SMILES string of the molecule is COc1cccc(-c2nn(-c3cccc(C)c3)cc2C=CC(=O)N2CCCCC2C(N)=O)c1. The van der Waals surface area contributed by atoms with Gasteiger partial charge in [-0.15, -0.1) is 0 Å². The zero-order valence-corrected chi connectivity index (χ0v) is 18.9. The van der Waals surface area contributed by atoms with Crippen LogP contribution in [0.4, 0.5) is 0 Å². The molecular formula is C26H28N4O3. The average Bonchev–Trinajstić information content (AvgIpc) is 3.27. The second-order valence-corrected chi connectivity index (χ2v) is 8.23. The van der Waals surface area contributed by atoms with Crippen molar-refractivity contribution in [3.8, 4) is 22.7 Å². The molecule has 7 nitrogen and oxygen atoms in total. The lowest BCUT2D eigenvalue weighted by molar-refractivity contribution is -0.137. The van der Waals surface area contributed by atoms with E-state index in [4.69, 9.17) is 15.6 Å². The third kappa shape index (κ3) is 4.98. The summed E-state index contributed by atoms with van der Waals surface area (Å²) >= 11 is 0. The van der Waals surface area contributed by atoms with Crippen LogP contribution in [0.25, 0.3) is 23.0 Å². The summed E-state index contributed by atoms with van der Waals surface area (Å²) in [6.07, 6.45) is 7.52. The molecule has 0 aliphatic carbocycles. The molecule has 7 heteroatoms. The highest BCUT2D eigenvalue weighted by Gasteiger charge is 2.29. The first-order valence-electron chi connectivity index (χ1n) is 11.1. The van der Waals surface area contributed by atoms with Gasteiger partial charge in [-0.3, -0.25) is 9.59 Å². The predicted molar refractivity (Wildman–Crippen MR) is 128 cm³/mol. The second kappa shape index (κ2) is 9.73. The molecule has 1 unspecified atom stereocenters. The van der Waals surface area contributed by atoms with Gasteiger partial charge in [0.25, 0.3) is 0 Å². The fourth-order valence-electron chi connectivity index (χ4n) is 4.15. The topological polar surface area (TPSA) is 90.5 Å². The van der Waals surface area contributed by atoms with Gasteiger partial charge in [0, 0.05) is 29.9 Å². The monoisotopic (exact) mass is 444 g/mol. The third-order valence-electron chi connectivity index (χ3n) is 5.87. The smallest absolute Gasteiger partial charge is 0.247 e. The second-order valence-electron chi connectivity index (χ2n) is 8.23. The van der Waals surface area contributed by atoms with E-state index in [-0.39, 0.29) is 5.91 Å². The Labute approximate surface area is 193 Å². The number of aromatic nitrogens is 2. The van der Waals surface area contributed by atoms with Crippen molar-refractivity contribution in [2.24, 2.45) is 5.73 Å². The van der Waals surface area contributed by atoms with E-state index in [1.165, 1.54) is 6.08 Å². The van der Waals surface area contributed by atoms with Crippen molar-refractivity contribution in [3.63, 3.8) is 0 Å². The molecule has 3 aromatic rings. The van der Waals surface area contributed by atoms with Crippen molar-refractivity contribution >= 4 is 17.9 Å². The van der Waals surface area contributed by atoms with E-state index in [1.54, 1.807) is 22.8 Å². The van der Waals surface area contributed by atoms with Crippen LogP contribution in [-0.2, 0) is 9.59 Å². The molecule has 1 aliphatic rings. The molecule has 0 spiro atoms. The number of piperidine rings is 1. The number of primary amides is 1. The van der Waals surface area contributed by atoms with E-state index < -0.39 is 11.9 Å². The zero-order valence-electron chi connectivity index (χ0n) is 18.9. The average molecular weight is 445 g/mol. The first kappa shape index (κ1) is 22.3. The summed E-state index contributed by atoms with van der Waals surface area (Å²) in [5.41, 5.74) is 9.96. The van der Waals surface area contributed by atoms with Gasteiger partial charge in [-0.1, -0.05) is 24.3 Å². The van der Waals surface area contributed by atoms with Crippen LogP contribution < -0.4 is 10.5 Å². The number of hydrogen-bond donors (Lipinski definition) is 1. The van der Waals surface area contributed by atoms with Gasteiger partial charge in [-0.2, -0.15) is 5.10 Å². The number of nitrogens with zero attached hydrogens (tertiary/aromatic N) is 3. The molecule has 33 heavy (non-hydrogen) atoms. The molecule has 1 atom stereocenters. The van der Waals surface area contributed by atoms with E-state index in [9.17, 15) is 9.59 Å². The number of methoxy groups -OCH3 is 1. The highest BCUT2D eigenvalue weighted by atomic mass is 16.5. The standard InChI is InChI=1S/C26H28N4O3/c1-18-7-5-9-21(15-18)30-17-20(25(28-30)19-8-6-10-22(16-19)33-2)12-13-24(31)29-14-4-3-11-23(29)26(27)32/h5-10,12-13,15-17,23H,3-4,11,14H2,1-2H3,(H2,27,32). The van der Waals surface area contributed by atoms with Crippen LogP contribution in [0.5, 0.6) is 5.75 Å². The van der Waals surface area contributed by atoms with Gasteiger partial charge >= 0.3 is 0 Å². The number of carbonyl (C=O) groups is 2. The maximum absolute atomic E-state index is 12.9. The first-order chi connectivity index (χ1) is 16.0. The molecule has 0 saturated carbocycles. The largest absolute Gasteiger partial charge is 0.497 e. The first-order valence-corrected chi connectivity index (χ1v) is 11.1. The van der Waals surface area contributed by atoms with Crippen molar-refractivity contribution in [3.05, 3.63) is 71.9 Å². The maximum atomic E-state index is 12.9. The summed E-state index contributed by atoms with van der Waals surface area (Å²) in [7, 11) is 1.62. The van der Waals surface area contributed by atoms with E-state index in [2.05, 4.69) is 0 Å². The van der Waals surface area contributed by atoms with E-state index in [0.717, 1.165) is 46.7 Å². The van der Waals surface area contributed by atoms with Crippen LogP contribution in [0.15, 0.2) is 60.8 Å². The number of rotatable bonds is 6. The number of ether oxygens (including phenoxy) is 1. The van der Waals surface area contributed by atoms with Crippen LogP contribution in [0.1, 0.15) is 30.4 Å². The Bertz CT molecular complexity index is 1200. The number of nitrogens with two attached hydrogens (primary N) is 1. The molecular weight excluding hydrogens is 416 g/mol. The summed E-state index contributed by atoms with van der Waals surface area (Å²) in [6.45, 7) is 2.56. The summed E-state index contributed by atoms with van der Waals surface area (Å²) in [5, 5.41) is 4.81. The molecule has 0 radical (unpaired) electrons. The van der Waals surface area contributed by atoms with Gasteiger partial charge in [-0.05, 0) is 62.1 Å². The predicted octanol–water partition coefficient (Wildman–Crippen LogP) is 3.74. The lowest BCUT2D eigenvalue weighted by atomic mass is 10.0. The van der Waals surface area contributed by atoms with Crippen molar-refractivity contribution in [2.45, 2.75) is 32.2 Å². The lowest BCUT2D eigenvalue weighted by Gasteiger charge is -2.32. The minimum atomic E-state index is -0.552. The fourth-order valence-corrected chi connectivity index (χ4v) is 4.15. The van der Waals surface area contributed by atoms with Crippen molar-refractivity contribution in [1.29, 1.82) is 0 Å². The molecule has 2 heterocycles. The Balaban J connectivity index is 1.71. The summed E-state index contributed by atoms with van der Waals surface area (Å²) < 4.78 is 7.18. The normalized spacial score (nSPS) is 16.2. The summed E-state index contributed by atoms with van der Waals surface area (Å²) in [6, 6.07) is 15.1. The summed E-state index contributed by atoms with van der Waals surface area (Å²) in [4.78, 5) is 26.3. The fraction of sp³-hybridized carbons (Fsp3) is 0.269.